The molecule has 1 saturated heterocycles. The van der Waals surface area contributed by atoms with Gasteiger partial charge in [0.05, 0.1) is 0 Å². The van der Waals surface area contributed by atoms with Crippen molar-refractivity contribution in [2.75, 3.05) is 19.6 Å². The highest BCUT2D eigenvalue weighted by molar-refractivity contribution is 7.09. The first-order valence-electron chi connectivity index (χ1n) is 6.43. The fourth-order valence-corrected chi connectivity index (χ4v) is 3.86. The number of piperazine rings is 1. The van der Waals surface area contributed by atoms with Gasteiger partial charge in [-0.25, -0.2) is 0 Å². The average molecular weight is 236 g/mol. The Balaban J connectivity index is 1.57. The lowest BCUT2D eigenvalue weighted by Gasteiger charge is -2.38. The van der Waals surface area contributed by atoms with E-state index in [1.165, 1.54) is 50.2 Å². The molecule has 88 valence electrons. The van der Waals surface area contributed by atoms with Crippen molar-refractivity contribution in [1.82, 2.24) is 10.2 Å². The van der Waals surface area contributed by atoms with Gasteiger partial charge in [-0.3, -0.25) is 4.90 Å². The fraction of sp³-hybridized carbons (Fsp3) is 0.692. The van der Waals surface area contributed by atoms with Crippen molar-refractivity contribution in [2.45, 2.75) is 37.8 Å². The molecule has 2 heterocycles. The van der Waals surface area contributed by atoms with Crippen LogP contribution in [0.25, 0.3) is 0 Å². The number of nitrogens with zero attached hydrogens (tertiary/aromatic N) is 1. The summed E-state index contributed by atoms with van der Waals surface area (Å²) in [5.74, 6) is 0. The molecule has 3 heteroatoms. The molecule has 2 nitrogen and oxygen atoms in total. The van der Waals surface area contributed by atoms with Gasteiger partial charge in [0.25, 0.3) is 0 Å². The molecule has 2 atom stereocenters. The minimum atomic E-state index is 0.789. The maximum atomic E-state index is 3.67. The average Bonchev–Trinajstić information content (AvgIpc) is 2.97. The molecule has 0 aromatic carbocycles. The van der Waals surface area contributed by atoms with Crippen molar-refractivity contribution < 1.29 is 0 Å². The summed E-state index contributed by atoms with van der Waals surface area (Å²) in [5, 5.41) is 5.85. The van der Waals surface area contributed by atoms with Crippen molar-refractivity contribution in [1.29, 1.82) is 0 Å². The second-order valence-electron chi connectivity index (χ2n) is 4.92. The highest BCUT2D eigenvalue weighted by atomic mass is 32.1. The first-order valence-corrected chi connectivity index (χ1v) is 7.31. The Hall–Kier alpha value is -0.380. The predicted octanol–water partition coefficient (Wildman–Crippen LogP) is 2.12. The van der Waals surface area contributed by atoms with E-state index in [4.69, 9.17) is 0 Å². The van der Waals surface area contributed by atoms with Crippen LogP contribution in [-0.2, 0) is 6.42 Å². The van der Waals surface area contributed by atoms with Crippen molar-refractivity contribution in [3.8, 4) is 0 Å². The summed E-state index contributed by atoms with van der Waals surface area (Å²) in [6, 6.07) is 6.04. The Morgan fingerprint density at radius 2 is 2.44 bits per heavy atom. The largest absolute Gasteiger partial charge is 0.311 e. The molecule has 2 fully saturated rings. The molecule has 0 spiro atoms. The lowest BCUT2D eigenvalue weighted by atomic mass is 10.1. The monoisotopic (exact) mass is 236 g/mol. The van der Waals surface area contributed by atoms with Gasteiger partial charge in [0.15, 0.2) is 0 Å². The molecule has 1 saturated carbocycles. The van der Waals surface area contributed by atoms with E-state index in [0.717, 1.165) is 12.1 Å². The number of nitrogens with one attached hydrogen (secondary N) is 1. The van der Waals surface area contributed by atoms with E-state index in [1.807, 2.05) is 11.3 Å². The van der Waals surface area contributed by atoms with Gasteiger partial charge in [-0.1, -0.05) is 12.5 Å². The van der Waals surface area contributed by atoms with E-state index in [2.05, 4.69) is 27.7 Å². The minimum Gasteiger partial charge on any atom is -0.311 e. The zero-order valence-electron chi connectivity index (χ0n) is 9.69. The Bertz CT molecular complexity index is 323. The summed E-state index contributed by atoms with van der Waals surface area (Å²) in [4.78, 5) is 4.25. The molecule has 1 aliphatic carbocycles. The van der Waals surface area contributed by atoms with E-state index in [1.54, 1.807) is 0 Å². The molecule has 1 aromatic heterocycles. The highest BCUT2D eigenvalue weighted by Crippen LogP contribution is 2.26. The molecule has 16 heavy (non-hydrogen) atoms. The van der Waals surface area contributed by atoms with Crippen LogP contribution in [-0.4, -0.2) is 36.6 Å². The summed E-state index contributed by atoms with van der Waals surface area (Å²) in [6.07, 6.45) is 5.45. The number of fused-ring (bicyclic) bond motifs is 1. The van der Waals surface area contributed by atoms with Crippen LogP contribution in [0.2, 0.25) is 0 Å². The number of thiophene rings is 1. The minimum absolute atomic E-state index is 0.789. The summed E-state index contributed by atoms with van der Waals surface area (Å²) < 4.78 is 0. The van der Waals surface area contributed by atoms with Crippen molar-refractivity contribution in [3.63, 3.8) is 0 Å². The van der Waals surface area contributed by atoms with E-state index in [-0.39, 0.29) is 0 Å². The van der Waals surface area contributed by atoms with Crippen LogP contribution in [0, 0.1) is 0 Å². The maximum absolute atomic E-state index is 3.67. The van der Waals surface area contributed by atoms with Crippen molar-refractivity contribution in [3.05, 3.63) is 22.4 Å². The third kappa shape index (κ3) is 2.17. The van der Waals surface area contributed by atoms with Crippen LogP contribution < -0.4 is 5.32 Å². The number of hydrogen-bond donors (Lipinski definition) is 1. The lowest BCUT2D eigenvalue weighted by Crippen LogP contribution is -2.55. The summed E-state index contributed by atoms with van der Waals surface area (Å²) >= 11 is 1.89. The lowest BCUT2D eigenvalue weighted by molar-refractivity contribution is 0.139. The van der Waals surface area contributed by atoms with Gasteiger partial charge in [0.1, 0.15) is 0 Å². The smallest absolute Gasteiger partial charge is 0.0250 e. The third-order valence-electron chi connectivity index (χ3n) is 3.98. The molecule has 3 rings (SSSR count). The standard InChI is InChI=1S/C13H20N2S/c1-4-12-13(5-1)15(9-7-14-12)8-6-11-3-2-10-16-11/h2-3,10,12-14H,1,4-9H2. The summed E-state index contributed by atoms with van der Waals surface area (Å²) in [6.45, 7) is 3.68. The summed E-state index contributed by atoms with van der Waals surface area (Å²) in [5.41, 5.74) is 0. The van der Waals surface area contributed by atoms with Crippen LogP contribution >= 0.6 is 11.3 Å². The van der Waals surface area contributed by atoms with Crippen LogP contribution in [0.3, 0.4) is 0 Å². The molecule has 1 N–H and O–H groups in total. The zero-order chi connectivity index (χ0) is 10.8. The molecule has 1 aliphatic heterocycles. The molecule has 0 amide bonds. The van der Waals surface area contributed by atoms with Gasteiger partial charge < -0.3 is 5.32 Å². The molecule has 2 aliphatic rings. The first-order chi connectivity index (χ1) is 7.93. The molecule has 0 bridgehead atoms. The van der Waals surface area contributed by atoms with Gasteiger partial charge in [-0.05, 0) is 30.7 Å². The Kier molecular flexibility index (Phi) is 3.27. The Morgan fingerprint density at radius 3 is 3.31 bits per heavy atom. The molecular weight excluding hydrogens is 216 g/mol. The van der Waals surface area contributed by atoms with Gasteiger partial charge >= 0.3 is 0 Å². The third-order valence-corrected chi connectivity index (χ3v) is 4.92. The normalized spacial score (nSPS) is 30.5. The Labute approximate surface area is 102 Å². The molecule has 2 unspecified atom stereocenters. The van der Waals surface area contributed by atoms with Crippen LogP contribution in [0.15, 0.2) is 17.5 Å². The maximum Gasteiger partial charge on any atom is 0.0250 e. The second-order valence-corrected chi connectivity index (χ2v) is 5.96. The van der Waals surface area contributed by atoms with Gasteiger partial charge in [-0.15, -0.1) is 11.3 Å². The number of hydrogen-bond acceptors (Lipinski definition) is 3. The van der Waals surface area contributed by atoms with Crippen LogP contribution in [0.5, 0.6) is 0 Å². The van der Waals surface area contributed by atoms with Crippen molar-refractivity contribution in [2.24, 2.45) is 0 Å². The summed E-state index contributed by atoms with van der Waals surface area (Å²) in [7, 11) is 0. The second kappa shape index (κ2) is 4.86. The SMILES string of the molecule is c1csc(CCN2CCNC3CCCC32)c1. The quantitative estimate of drug-likeness (QED) is 0.865. The van der Waals surface area contributed by atoms with Gasteiger partial charge in [-0.2, -0.15) is 0 Å². The Morgan fingerprint density at radius 1 is 1.44 bits per heavy atom. The highest BCUT2D eigenvalue weighted by Gasteiger charge is 2.34. The van der Waals surface area contributed by atoms with E-state index < -0.39 is 0 Å². The van der Waals surface area contributed by atoms with E-state index >= 15 is 0 Å². The van der Waals surface area contributed by atoms with Crippen LogP contribution in [0.1, 0.15) is 24.1 Å². The van der Waals surface area contributed by atoms with E-state index in [0.29, 0.717) is 0 Å². The molecule has 1 aromatic rings. The van der Waals surface area contributed by atoms with Crippen LogP contribution in [0.4, 0.5) is 0 Å². The topological polar surface area (TPSA) is 15.3 Å². The van der Waals surface area contributed by atoms with Gasteiger partial charge in [0, 0.05) is 36.6 Å². The van der Waals surface area contributed by atoms with Crippen molar-refractivity contribution >= 4 is 11.3 Å². The first kappa shape index (κ1) is 10.8. The fourth-order valence-electron chi connectivity index (χ4n) is 3.16. The van der Waals surface area contributed by atoms with Gasteiger partial charge in [0.2, 0.25) is 0 Å². The molecule has 0 radical (unpaired) electrons. The zero-order valence-corrected chi connectivity index (χ0v) is 10.5. The van der Waals surface area contributed by atoms with E-state index in [9.17, 15) is 0 Å². The predicted molar refractivity (Wildman–Crippen MR) is 69.0 cm³/mol. The number of rotatable bonds is 3. The molecular formula is C13H20N2S.